The molecule has 3 unspecified atom stereocenters. The normalized spacial score (nSPS) is 26.1. The molecule has 4 heteroatoms. The summed E-state index contributed by atoms with van der Waals surface area (Å²) in [7, 11) is 1.52. The van der Waals surface area contributed by atoms with Gasteiger partial charge in [0, 0.05) is 0 Å². The van der Waals surface area contributed by atoms with Gasteiger partial charge in [0.1, 0.15) is 17.4 Å². The Labute approximate surface area is 120 Å². The maximum atomic E-state index is 12.0. The molecule has 2 rings (SSSR count). The zero-order valence-electron chi connectivity index (χ0n) is 12.3. The van der Waals surface area contributed by atoms with Crippen LogP contribution in [0.2, 0.25) is 0 Å². The van der Waals surface area contributed by atoms with Crippen LogP contribution in [0.3, 0.4) is 0 Å². The Kier molecular flexibility index (Phi) is 5.01. The molecule has 1 aromatic rings. The molecule has 110 valence electrons. The van der Waals surface area contributed by atoms with Gasteiger partial charge < -0.3 is 4.74 Å². The van der Waals surface area contributed by atoms with Gasteiger partial charge in [-0.2, -0.15) is 4.89 Å². The maximum Gasteiger partial charge on any atom is 0.376 e. The summed E-state index contributed by atoms with van der Waals surface area (Å²) in [6, 6.07) is 6.96. The van der Waals surface area contributed by atoms with Gasteiger partial charge in [-0.3, -0.25) is 4.89 Å². The van der Waals surface area contributed by atoms with Gasteiger partial charge in [-0.1, -0.05) is 26.0 Å². The van der Waals surface area contributed by atoms with Crippen molar-refractivity contribution in [1.82, 2.24) is 0 Å². The highest BCUT2D eigenvalue weighted by molar-refractivity contribution is 5.92. The van der Waals surface area contributed by atoms with Crippen molar-refractivity contribution in [3.63, 3.8) is 0 Å². The van der Waals surface area contributed by atoms with E-state index in [2.05, 4.69) is 13.8 Å². The van der Waals surface area contributed by atoms with Crippen molar-refractivity contribution in [1.29, 1.82) is 0 Å². The van der Waals surface area contributed by atoms with Crippen molar-refractivity contribution in [2.75, 3.05) is 7.11 Å². The van der Waals surface area contributed by atoms with E-state index >= 15 is 0 Å². The molecule has 3 atom stereocenters. The van der Waals surface area contributed by atoms with Crippen LogP contribution in [0, 0.1) is 11.8 Å². The number of benzene rings is 1. The first-order valence-corrected chi connectivity index (χ1v) is 7.12. The van der Waals surface area contributed by atoms with E-state index in [4.69, 9.17) is 14.5 Å². The molecule has 0 amide bonds. The van der Waals surface area contributed by atoms with E-state index in [-0.39, 0.29) is 6.10 Å². The maximum absolute atomic E-state index is 12.0. The highest BCUT2D eigenvalue weighted by Crippen LogP contribution is 2.31. The number of methoxy groups -OCH3 is 1. The van der Waals surface area contributed by atoms with Crippen molar-refractivity contribution in [2.24, 2.45) is 11.8 Å². The lowest BCUT2D eigenvalue weighted by Gasteiger charge is -2.30. The Bertz CT molecular complexity index is 458. The molecule has 1 aliphatic rings. The van der Waals surface area contributed by atoms with Gasteiger partial charge in [0.2, 0.25) is 0 Å². The van der Waals surface area contributed by atoms with Crippen LogP contribution in [-0.4, -0.2) is 19.2 Å². The summed E-state index contributed by atoms with van der Waals surface area (Å²) in [6.07, 6.45) is 2.98. The van der Waals surface area contributed by atoms with Crippen molar-refractivity contribution in [2.45, 2.75) is 39.2 Å². The standard InChI is InChI=1S/C16H22O4/c1-11-8-9-13(10-12(11)2)19-20-16(17)14-6-4-5-7-15(14)18-3/h4-7,11-13H,8-10H2,1-3H3. The Hall–Kier alpha value is -1.55. The molecular weight excluding hydrogens is 256 g/mol. The molecule has 4 nitrogen and oxygen atoms in total. The number of rotatable bonds is 4. The van der Waals surface area contributed by atoms with E-state index < -0.39 is 5.97 Å². The fourth-order valence-electron chi connectivity index (χ4n) is 2.56. The average Bonchev–Trinajstić information content (AvgIpc) is 2.48. The van der Waals surface area contributed by atoms with Crippen LogP contribution >= 0.6 is 0 Å². The average molecular weight is 278 g/mol. The van der Waals surface area contributed by atoms with E-state index in [9.17, 15) is 4.79 Å². The molecule has 0 heterocycles. The lowest BCUT2D eigenvalue weighted by Crippen LogP contribution is -2.27. The molecule has 0 N–H and O–H groups in total. The summed E-state index contributed by atoms with van der Waals surface area (Å²) in [4.78, 5) is 22.3. The lowest BCUT2D eigenvalue weighted by atomic mass is 9.80. The topological polar surface area (TPSA) is 44.8 Å². The van der Waals surface area contributed by atoms with Crippen LogP contribution in [0.1, 0.15) is 43.5 Å². The minimum absolute atomic E-state index is 0.000132. The molecule has 20 heavy (non-hydrogen) atoms. The van der Waals surface area contributed by atoms with Crippen LogP contribution in [-0.2, 0) is 9.78 Å². The van der Waals surface area contributed by atoms with Gasteiger partial charge in [0.05, 0.1) is 7.11 Å². The Morgan fingerprint density at radius 3 is 2.60 bits per heavy atom. The molecule has 0 spiro atoms. The number of carbonyl (C=O) groups is 1. The molecule has 0 radical (unpaired) electrons. The second-order valence-corrected chi connectivity index (χ2v) is 5.56. The highest BCUT2D eigenvalue weighted by Gasteiger charge is 2.27. The summed E-state index contributed by atoms with van der Waals surface area (Å²) >= 11 is 0. The quantitative estimate of drug-likeness (QED) is 0.623. The third kappa shape index (κ3) is 3.51. The first kappa shape index (κ1) is 14.9. The van der Waals surface area contributed by atoms with Crippen molar-refractivity contribution < 1.29 is 19.3 Å². The molecule has 1 aromatic carbocycles. The van der Waals surface area contributed by atoms with Gasteiger partial charge >= 0.3 is 5.97 Å². The van der Waals surface area contributed by atoms with Gasteiger partial charge in [-0.05, 0) is 43.2 Å². The number of carbonyl (C=O) groups excluding carboxylic acids is 1. The smallest absolute Gasteiger partial charge is 0.376 e. The van der Waals surface area contributed by atoms with Crippen molar-refractivity contribution in [3.8, 4) is 5.75 Å². The van der Waals surface area contributed by atoms with Gasteiger partial charge in [0.15, 0.2) is 0 Å². The number of hydrogen-bond acceptors (Lipinski definition) is 4. The van der Waals surface area contributed by atoms with Crippen LogP contribution in [0.4, 0.5) is 0 Å². The molecule has 0 aromatic heterocycles. The minimum atomic E-state index is -0.506. The number of hydrogen-bond donors (Lipinski definition) is 0. The van der Waals surface area contributed by atoms with E-state index in [1.807, 2.05) is 0 Å². The van der Waals surface area contributed by atoms with E-state index in [0.29, 0.717) is 23.1 Å². The van der Waals surface area contributed by atoms with Crippen LogP contribution in [0.25, 0.3) is 0 Å². The molecular formula is C16H22O4. The molecule has 1 aliphatic carbocycles. The minimum Gasteiger partial charge on any atom is -0.496 e. The predicted octanol–water partition coefficient (Wildman–Crippen LogP) is 3.61. The summed E-state index contributed by atoms with van der Waals surface area (Å²) in [6.45, 7) is 4.46. The summed E-state index contributed by atoms with van der Waals surface area (Å²) in [5.41, 5.74) is 0.382. The second kappa shape index (κ2) is 6.75. The lowest BCUT2D eigenvalue weighted by molar-refractivity contribution is -0.283. The fourth-order valence-corrected chi connectivity index (χ4v) is 2.56. The number of ether oxygens (including phenoxy) is 1. The zero-order chi connectivity index (χ0) is 14.5. The van der Waals surface area contributed by atoms with Crippen molar-refractivity contribution in [3.05, 3.63) is 29.8 Å². The Balaban J connectivity index is 1.89. The highest BCUT2D eigenvalue weighted by atomic mass is 17.2. The summed E-state index contributed by atoms with van der Waals surface area (Å²) in [5, 5.41) is 0. The Morgan fingerprint density at radius 1 is 1.15 bits per heavy atom. The van der Waals surface area contributed by atoms with E-state index in [1.54, 1.807) is 24.3 Å². The number of para-hydroxylation sites is 1. The SMILES string of the molecule is COc1ccccc1C(=O)OOC1CCC(C)C(C)C1. The predicted molar refractivity (Wildman–Crippen MR) is 75.5 cm³/mol. The molecule has 1 saturated carbocycles. The molecule has 0 bridgehead atoms. The van der Waals surface area contributed by atoms with Gasteiger partial charge in [-0.25, -0.2) is 4.79 Å². The van der Waals surface area contributed by atoms with Gasteiger partial charge in [-0.15, -0.1) is 0 Å². The molecule has 0 saturated heterocycles. The van der Waals surface area contributed by atoms with Crippen molar-refractivity contribution >= 4 is 5.97 Å². The van der Waals surface area contributed by atoms with Crippen LogP contribution in [0.15, 0.2) is 24.3 Å². The summed E-state index contributed by atoms with van der Waals surface area (Å²) in [5.74, 6) is 1.29. The fraction of sp³-hybridized carbons (Fsp3) is 0.562. The summed E-state index contributed by atoms with van der Waals surface area (Å²) < 4.78 is 5.13. The van der Waals surface area contributed by atoms with Crippen LogP contribution in [0.5, 0.6) is 5.75 Å². The van der Waals surface area contributed by atoms with Gasteiger partial charge in [0.25, 0.3) is 0 Å². The second-order valence-electron chi connectivity index (χ2n) is 5.56. The third-order valence-electron chi connectivity index (χ3n) is 4.14. The zero-order valence-corrected chi connectivity index (χ0v) is 12.3. The first-order valence-electron chi connectivity index (χ1n) is 7.12. The Morgan fingerprint density at radius 2 is 1.90 bits per heavy atom. The largest absolute Gasteiger partial charge is 0.496 e. The molecule has 1 fully saturated rings. The van der Waals surface area contributed by atoms with E-state index in [0.717, 1.165) is 19.3 Å². The van der Waals surface area contributed by atoms with Crippen LogP contribution < -0.4 is 4.74 Å². The first-order chi connectivity index (χ1) is 9.61. The van der Waals surface area contributed by atoms with E-state index in [1.165, 1.54) is 7.11 Å². The monoisotopic (exact) mass is 278 g/mol. The molecule has 0 aliphatic heterocycles. The third-order valence-corrected chi connectivity index (χ3v) is 4.14.